The number of nitrogens with zero attached hydrogens (tertiary/aromatic N) is 2. The third-order valence-corrected chi connectivity index (χ3v) is 4.05. The molecule has 0 atom stereocenters. The highest BCUT2D eigenvalue weighted by Gasteiger charge is 2.11. The van der Waals surface area contributed by atoms with Crippen LogP contribution in [0.3, 0.4) is 0 Å². The van der Waals surface area contributed by atoms with Gasteiger partial charge in [-0.2, -0.15) is 5.10 Å². The Balaban J connectivity index is 1.79. The van der Waals surface area contributed by atoms with Crippen LogP contribution in [0.2, 0.25) is 0 Å². The van der Waals surface area contributed by atoms with Gasteiger partial charge in [-0.3, -0.25) is 14.9 Å². The van der Waals surface area contributed by atoms with E-state index < -0.39 is 4.92 Å². The van der Waals surface area contributed by atoms with Crippen LogP contribution in [0.5, 0.6) is 5.75 Å². The van der Waals surface area contributed by atoms with Crippen molar-refractivity contribution in [3.63, 3.8) is 0 Å². The Hall–Kier alpha value is -2.74. The third kappa shape index (κ3) is 6.00. The molecule has 2 aromatic rings. The van der Waals surface area contributed by atoms with Gasteiger partial charge in [0.05, 0.1) is 15.6 Å². The first kappa shape index (κ1) is 18.6. The van der Waals surface area contributed by atoms with Crippen molar-refractivity contribution in [1.29, 1.82) is 0 Å². The molecule has 7 nitrogen and oxygen atoms in total. The summed E-state index contributed by atoms with van der Waals surface area (Å²) < 4.78 is 0.382. The summed E-state index contributed by atoms with van der Waals surface area (Å²) in [6.07, 6.45) is 3.03. The second-order valence-electron chi connectivity index (χ2n) is 5.28. The van der Waals surface area contributed by atoms with Crippen LogP contribution in [0.1, 0.15) is 24.0 Å². The number of phenols is 1. The molecule has 0 heterocycles. The predicted octanol–water partition coefficient (Wildman–Crippen LogP) is 3.54. The van der Waals surface area contributed by atoms with E-state index in [1.165, 1.54) is 12.3 Å². The van der Waals surface area contributed by atoms with E-state index in [1.807, 2.05) is 12.1 Å². The van der Waals surface area contributed by atoms with Crippen LogP contribution in [0.25, 0.3) is 0 Å². The Kier molecular flexibility index (Phi) is 6.64. The lowest BCUT2D eigenvalue weighted by Gasteiger charge is -2.02. The molecule has 0 aliphatic heterocycles. The van der Waals surface area contributed by atoms with Crippen LogP contribution in [0.4, 0.5) is 5.69 Å². The number of hydrazone groups is 1. The number of phenolic OH excluding ortho intramolecular Hbond substituents is 1. The molecule has 0 aromatic heterocycles. The van der Waals surface area contributed by atoms with Gasteiger partial charge in [0.15, 0.2) is 0 Å². The van der Waals surface area contributed by atoms with E-state index in [4.69, 9.17) is 0 Å². The van der Waals surface area contributed by atoms with Crippen LogP contribution >= 0.6 is 15.9 Å². The van der Waals surface area contributed by atoms with Gasteiger partial charge in [-0.05, 0) is 52.5 Å². The third-order valence-electron chi connectivity index (χ3n) is 3.38. The summed E-state index contributed by atoms with van der Waals surface area (Å²) in [5.41, 5.74) is 3.88. The number of amides is 1. The molecule has 0 fully saturated rings. The van der Waals surface area contributed by atoms with E-state index >= 15 is 0 Å². The molecule has 8 heteroatoms. The molecule has 0 bridgehead atoms. The molecule has 2 rings (SSSR count). The monoisotopic (exact) mass is 405 g/mol. The summed E-state index contributed by atoms with van der Waals surface area (Å²) in [6, 6.07) is 11.4. The summed E-state index contributed by atoms with van der Waals surface area (Å²) in [5, 5.41) is 23.9. The fraction of sp³-hybridized carbons (Fsp3) is 0.176. The summed E-state index contributed by atoms with van der Waals surface area (Å²) >= 11 is 3.10. The highest BCUT2D eigenvalue weighted by Crippen LogP contribution is 2.24. The Morgan fingerprint density at radius 3 is 2.68 bits per heavy atom. The van der Waals surface area contributed by atoms with E-state index in [1.54, 1.807) is 24.3 Å². The molecule has 0 aliphatic rings. The highest BCUT2D eigenvalue weighted by molar-refractivity contribution is 9.10. The molecule has 0 saturated carbocycles. The fourth-order valence-corrected chi connectivity index (χ4v) is 2.49. The van der Waals surface area contributed by atoms with Gasteiger partial charge in [-0.15, -0.1) is 0 Å². The largest absolute Gasteiger partial charge is 0.508 e. The lowest BCUT2D eigenvalue weighted by atomic mass is 10.1. The number of rotatable bonds is 7. The second-order valence-corrected chi connectivity index (χ2v) is 6.14. The summed E-state index contributed by atoms with van der Waals surface area (Å²) in [7, 11) is 0. The van der Waals surface area contributed by atoms with Crippen molar-refractivity contribution in [2.45, 2.75) is 19.3 Å². The molecular formula is C17H16BrN3O4. The number of nitro groups is 1. The van der Waals surface area contributed by atoms with E-state index in [9.17, 15) is 20.0 Å². The fourth-order valence-electron chi connectivity index (χ4n) is 2.10. The minimum atomic E-state index is -0.497. The Morgan fingerprint density at radius 1 is 1.28 bits per heavy atom. The Morgan fingerprint density at radius 2 is 2.00 bits per heavy atom. The molecular weight excluding hydrogens is 390 g/mol. The molecule has 0 radical (unpaired) electrons. The maximum absolute atomic E-state index is 11.7. The number of hydrogen-bond acceptors (Lipinski definition) is 5. The van der Waals surface area contributed by atoms with Crippen molar-refractivity contribution >= 4 is 33.7 Å². The number of nitrogens with one attached hydrogen (secondary N) is 1. The van der Waals surface area contributed by atoms with Crippen molar-refractivity contribution in [3.8, 4) is 5.75 Å². The molecule has 130 valence electrons. The number of aryl methyl sites for hydroxylation is 1. The SMILES string of the molecule is O=C(CCCc1ccc(O)cc1)N/N=C/c1ccc(Br)c([N+](=O)[O-])c1. The maximum Gasteiger partial charge on any atom is 0.284 e. The first-order valence-corrected chi connectivity index (χ1v) is 8.29. The zero-order chi connectivity index (χ0) is 18.2. The van der Waals surface area contributed by atoms with Gasteiger partial charge in [-0.1, -0.05) is 18.2 Å². The number of carbonyl (C=O) groups is 1. The van der Waals surface area contributed by atoms with Crippen LogP contribution in [0.15, 0.2) is 52.0 Å². The standard InChI is InChI=1S/C17H16BrN3O4/c18-15-9-6-13(10-16(15)21(24)25)11-19-20-17(23)3-1-2-12-4-7-14(22)8-5-12/h4-11,22H,1-3H2,(H,20,23)/b19-11+. The van der Waals surface area contributed by atoms with Gasteiger partial charge in [0.2, 0.25) is 5.91 Å². The van der Waals surface area contributed by atoms with Crippen LogP contribution in [0, 0.1) is 10.1 Å². The Labute approximate surface area is 152 Å². The normalized spacial score (nSPS) is 10.8. The van der Waals surface area contributed by atoms with E-state index in [0.717, 1.165) is 12.0 Å². The number of benzene rings is 2. The number of halogens is 1. The number of aromatic hydroxyl groups is 1. The van der Waals surface area contributed by atoms with Gasteiger partial charge in [0.1, 0.15) is 5.75 Å². The zero-order valence-electron chi connectivity index (χ0n) is 13.2. The summed E-state index contributed by atoms with van der Waals surface area (Å²) in [5.74, 6) is -0.0225. The van der Waals surface area contributed by atoms with Crippen molar-refractivity contribution in [2.24, 2.45) is 5.10 Å². The van der Waals surface area contributed by atoms with Crippen molar-refractivity contribution in [3.05, 3.63) is 68.2 Å². The molecule has 0 aliphatic carbocycles. The van der Waals surface area contributed by atoms with Gasteiger partial charge >= 0.3 is 0 Å². The molecule has 2 N–H and O–H groups in total. The van der Waals surface area contributed by atoms with Crippen LogP contribution in [-0.2, 0) is 11.2 Å². The maximum atomic E-state index is 11.7. The van der Waals surface area contributed by atoms with Crippen LogP contribution < -0.4 is 5.43 Å². The average molecular weight is 406 g/mol. The molecule has 0 spiro atoms. The number of hydrogen-bond donors (Lipinski definition) is 2. The number of nitro benzene ring substituents is 1. The van der Waals surface area contributed by atoms with Crippen molar-refractivity contribution < 1.29 is 14.8 Å². The van der Waals surface area contributed by atoms with E-state index in [2.05, 4.69) is 26.5 Å². The summed E-state index contributed by atoms with van der Waals surface area (Å²) in [6.45, 7) is 0. The molecule has 0 unspecified atom stereocenters. The first-order valence-electron chi connectivity index (χ1n) is 7.49. The molecule has 2 aromatic carbocycles. The molecule has 0 saturated heterocycles. The lowest BCUT2D eigenvalue weighted by molar-refractivity contribution is -0.385. The summed E-state index contributed by atoms with van der Waals surface area (Å²) in [4.78, 5) is 22.1. The van der Waals surface area contributed by atoms with Crippen molar-refractivity contribution in [2.75, 3.05) is 0 Å². The zero-order valence-corrected chi connectivity index (χ0v) is 14.8. The van der Waals surface area contributed by atoms with Gasteiger partial charge in [0.25, 0.3) is 5.69 Å². The quantitative estimate of drug-likeness (QED) is 0.417. The average Bonchev–Trinajstić information content (AvgIpc) is 2.58. The lowest BCUT2D eigenvalue weighted by Crippen LogP contribution is -2.17. The van der Waals surface area contributed by atoms with Gasteiger partial charge in [-0.25, -0.2) is 5.43 Å². The van der Waals surface area contributed by atoms with Gasteiger partial charge < -0.3 is 5.11 Å². The van der Waals surface area contributed by atoms with Crippen molar-refractivity contribution in [1.82, 2.24) is 5.43 Å². The highest BCUT2D eigenvalue weighted by atomic mass is 79.9. The van der Waals surface area contributed by atoms with Gasteiger partial charge in [0, 0.05) is 18.1 Å². The smallest absolute Gasteiger partial charge is 0.284 e. The minimum Gasteiger partial charge on any atom is -0.508 e. The minimum absolute atomic E-state index is 0.0656. The number of carbonyl (C=O) groups excluding carboxylic acids is 1. The molecule has 25 heavy (non-hydrogen) atoms. The molecule has 1 amide bonds. The van der Waals surface area contributed by atoms with Crippen LogP contribution in [-0.4, -0.2) is 22.2 Å². The topological polar surface area (TPSA) is 105 Å². The van der Waals surface area contributed by atoms with E-state index in [-0.39, 0.29) is 17.3 Å². The second kappa shape index (κ2) is 8.93. The first-order chi connectivity index (χ1) is 12.0. The predicted molar refractivity (Wildman–Crippen MR) is 97.6 cm³/mol. The van der Waals surface area contributed by atoms with E-state index in [0.29, 0.717) is 22.9 Å². The Bertz CT molecular complexity index is 791.